The number of oxime groups is 1. The van der Waals surface area contributed by atoms with Crippen LogP contribution in [0.2, 0.25) is 0 Å². The van der Waals surface area contributed by atoms with Crippen LogP contribution >= 0.6 is 0 Å². The third-order valence-corrected chi connectivity index (χ3v) is 4.73. The maximum absolute atomic E-state index is 12.2. The zero-order valence-corrected chi connectivity index (χ0v) is 12.8. The van der Waals surface area contributed by atoms with Crippen LogP contribution in [0.15, 0.2) is 5.16 Å². The highest BCUT2D eigenvalue weighted by atomic mass is 16.4. The molecule has 120 valence electrons. The van der Waals surface area contributed by atoms with Crippen molar-refractivity contribution < 1.29 is 10.0 Å². The van der Waals surface area contributed by atoms with E-state index < -0.39 is 0 Å². The van der Waals surface area contributed by atoms with E-state index in [1.54, 1.807) is 0 Å². The van der Waals surface area contributed by atoms with Gasteiger partial charge in [-0.05, 0) is 12.3 Å². The van der Waals surface area contributed by atoms with Gasteiger partial charge in [0, 0.05) is 32.6 Å². The molecule has 2 aliphatic rings. The summed E-state index contributed by atoms with van der Waals surface area (Å²) >= 11 is 0. The van der Waals surface area contributed by atoms with Gasteiger partial charge in [-0.1, -0.05) is 37.3 Å². The van der Waals surface area contributed by atoms with E-state index in [1.807, 2.05) is 4.90 Å². The van der Waals surface area contributed by atoms with Crippen LogP contribution in [0.4, 0.5) is 0 Å². The van der Waals surface area contributed by atoms with E-state index in [9.17, 15) is 4.79 Å². The highest BCUT2D eigenvalue weighted by Crippen LogP contribution is 2.27. The first kappa shape index (κ1) is 16.1. The molecule has 0 aromatic heterocycles. The standard InChI is InChI=1S/C15H28N4O2/c16-14(17-21)12-18-8-10-19(11-9-18)15(20)7-6-13-4-2-1-3-5-13/h13,21H,1-12H2,(H2,16,17). The third-order valence-electron chi connectivity index (χ3n) is 4.73. The normalized spacial score (nSPS) is 22.5. The molecule has 0 radical (unpaired) electrons. The molecule has 2 fully saturated rings. The number of piperazine rings is 1. The average molecular weight is 296 g/mol. The summed E-state index contributed by atoms with van der Waals surface area (Å²) < 4.78 is 0. The molecule has 3 N–H and O–H groups in total. The molecule has 0 spiro atoms. The van der Waals surface area contributed by atoms with Gasteiger partial charge in [-0.25, -0.2) is 0 Å². The second-order valence-electron chi connectivity index (χ2n) is 6.29. The summed E-state index contributed by atoms with van der Waals surface area (Å²) in [7, 11) is 0. The van der Waals surface area contributed by atoms with Crippen LogP contribution in [0.1, 0.15) is 44.9 Å². The first-order valence-electron chi connectivity index (χ1n) is 8.15. The summed E-state index contributed by atoms with van der Waals surface area (Å²) in [4.78, 5) is 16.3. The highest BCUT2D eigenvalue weighted by Gasteiger charge is 2.22. The van der Waals surface area contributed by atoms with Crippen LogP contribution in [0, 0.1) is 5.92 Å². The molecule has 0 unspecified atom stereocenters. The third kappa shape index (κ3) is 5.19. The summed E-state index contributed by atoms with van der Waals surface area (Å²) in [6.45, 7) is 3.57. The molecule has 0 aromatic rings. The van der Waals surface area contributed by atoms with E-state index in [-0.39, 0.29) is 5.84 Å². The fraction of sp³-hybridized carbons (Fsp3) is 0.867. The van der Waals surface area contributed by atoms with Crippen LogP contribution in [-0.4, -0.2) is 59.5 Å². The van der Waals surface area contributed by atoms with Crippen LogP contribution in [0.5, 0.6) is 0 Å². The smallest absolute Gasteiger partial charge is 0.222 e. The quantitative estimate of drug-likeness (QED) is 0.346. The number of amidine groups is 1. The molecule has 1 amide bonds. The van der Waals surface area contributed by atoms with Gasteiger partial charge in [0.2, 0.25) is 5.91 Å². The van der Waals surface area contributed by atoms with Gasteiger partial charge in [-0.15, -0.1) is 0 Å². The molecule has 6 heteroatoms. The van der Waals surface area contributed by atoms with E-state index in [0.29, 0.717) is 18.9 Å². The van der Waals surface area contributed by atoms with Crippen molar-refractivity contribution in [2.75, 3.05) is 32.7 Å². The molecule has 21 heavy (non-hydrogen) atoms. The van der Waals surface area contributed by atoms with Gasteiger partial charge in [0.1, 0.15) is 0 Å². The van der Waals surface area contributed by atoms with Gasteiger partial charge in [0.15, 0.2) is 5.84 Å². The molecular formula is C15H28N4O2. The molecule has 6 nitrogen and oxygen atoms in total. The molecule has 1 heterocycles. The molecular weight excluding hydrogens is 268 g/mol. The van der Waals surface area contributed by atoms with Gasteiger partial charge < -0.3 is 15.8 Å². The number of rotatable bonds is 5. The maximum Gasteiger partial charge on any atom is 0.222 e. The van der Waals surface area contributed by atoms with Crippen molar-refractivity contribution in [1.29, 1.82) is 0 Å². The molecule has 0 aromatic carbocycles. The lowest BCUT2D eigenvalue weighted by molar-refractivity contribution is -0.133. The summed E-state index contributed by atoms with van der Waals surface area (Å²) in [5.41, 5.74) is 5.51. The van der Waals surface area contributed by atoms with E-state index in [0.717, 1.165) is 38.5 Å². The molecule has 2 rings (SSSR count). The number of amides is 1. The topological polar surface area (TPSA) is 82.2 Å². The Kier molecular flexibility index (Phi) is 6.29. The second-order valence-corrected chi connectivity index (χ2v) is 6.29. The SMILES string of the molecule is NC(CN1CCN(C(=O)CCC2CCCCC2)CC1)=NO. The fourth-order valence-corrected chi connectivity index (χ4v) is 3.38. The average Bonchev–Trinajstić information content (AvgIpc) is 2.54. The zero-order valence-electron chi connectivity index (χ0n) is 12.8. The lowest BCUT2D eigenvalue weighted by Gasteiger charge is -2.34. The predicted molar refractivity (Wildman–Crippen MR) is 82.2 cm³/mol. The van der Waals surface area contributed by atoms with E-state index in [1.165, 1.54) is 32.1 Å². The van der Waals surface area contributed by atoms with Crippen LogP contribution in [0.3, 0.4) is 0 Å². The van der Waals surface area contributed by atoms with Gasteiger partial charge in [0.05, 0.1) is 6.54 Å². The Labute approximate surface area is 127 Å². The van der Waals surface area contributed by atoms with Crippen molar-refractivity contribution in [3.63, 3.8) is 0 Å². The molecule has 1 aliphatic heterocycles. The van der Waals surface area contributed by atoms with Crippen LogP contribution in [-0.2, 0) is 4.79 Å². The van der Waals surface area contributed by atoms with Crippen molar-refractivity contribution in [2.45, 2.75) is 44.9 Å². The van der Waals surface area contributed by atoms with Gasteiger partial charge in [-0.3, -0.25) is 9.69 Å². The second kappa shape index (κ2) is 8.22. The van der Waals surface area contributed by atoms with E-state index in [4.69, 9.17) is 10.9 Å². The Morgan fingerprint density at radius 3 is 2.43 bits per heavy atom. The number of nitrogens with zero attached hydrogens (tertiary/aromatic N) is 3. The monoisotopic (exact) mass is 296 g/mol. The van der Waals surface area contributed by atoms with Crippen molar-refractivity contribution in [2.24, 2.45) is 16.8 Å². The predicted octanol–water partition coefficient (Wildman–Crippen LogP) is 1.24. The Bertz CT molecular complexity index is 359. The lowest BCUT2D eigenvalue weighted by atomic mass is 9.86. The molecule has 1 aliphatic carbocycles. The molecule has 0 atom stereocenters. The van der Waals surface area contributed by atoms with Gasteiger partial charge >= 0.3 is 0 Å². The summed E-state index contributed by atoms with van der Waals surface area (Å²) in [5, 5.41) is 11.6. The Morgan fingerprint density at radius 1 is 1.14 bits per heavy atom. The number of hydrogen-bond acceptors (Lipinski definition) is 4. The first-order valence-corrected chi connectivity index (χ1v) is 8.15. The van der Waals surface area contributed by atoms with Crippen molar-refractivity contribution >= 4 is 11.7 Å². The number of carbonyl (C=O) groups excluding carboxylic acids is 1. The number of hydrogen-bond donors (Lipinski definition) is 2. The summed E-state index contributed by atoms with van der Waals surface area (Å²) in [6.07, 6.45) is 8.42. The molecule has 1 saturated carbocycles. The van der Waals surface area contributed by atoms with Crippen molar-refractivity contribution in [3.05, 3.63) is 0 Å². The molecule has 1 saturated heterocycles. The minimum Gasteiger partial charge on any atom is -0.409 e. The van der Waals surface area contributed by atoms with Crippen LogP contribution < -0.4 is 5.73 Å². The van der Waals surface area contributed by atoms with Crippen molar-refractivity contribution in [3.8, 4) is 0 Å². The van der Waals surface area contributed by atoms with Crippen molar-refractivity contribution in [1.82, 2.24) is 9.80 Å². The minimum absolute atomic E-state index is 0.229. The number of carbonyl (C=O) groups is 1. The summed E-state index contributed by atoms with van der Waals surface area (Å²) in [5.74, 6) is 1.29. The van der Waals surface area contributed by atoms with Gasteiger partial charge in [-0.2, -0.15) is 0 Å². The highest BCUT2D eigenvalue weighted by molar-refractivity contribution is 5.81. The fourth-order valence-electron chi connectivity index (χ4n) is 3.38. The maximum atomic E-state index is 12.2. The summed E-state index contributed by atoms with van der Waals surface area (Å²) in [6, 6.07) is 0. The van der Waals surface area contributed by atoms with E-state index >= 15 is 0 Å². The number of nitrogens with two attached hydrogens (primary N) is 1. The van der Waals surface area contributed by atoms with Crippen LogP contribution in [0.25, 0.3) is 0 Å². The minimum atomic E-state index is 0.229. The lowest BCUT2D eigenvalue weighted by Crippen LogP contribution is -2.50. The zero-order chi connectivity index (χ0) is 15.1. The van der Waals surface area contributed by atoms with Gasteiger partial charge in [0.25, 0.3) is 0 Å². The Morgan fingerprint density at radius 2 is 1.81 bits per heavy atom. The Balaban J connectivity index is 1.65. The first-order chi connectivity index (χ1) is 10.2. The molecule has 0 bridgehead atoms. The largest absolute Gasteiger partial charge is 0.409 e. The van der Waals surface area contributed by atoms with E-state index in [2.05, 4.69) is 10.1 Å². The Hall–Kier alpha value is -1.30.